The minimum absolute atomic E-state index is 0.116. The van der Waals surface area contributed by atoms with Gasteiger partial charge in [-0.15, -0.1) is 0 Å². The fourth-order valence-corrected chi connectivity index (χ4v) is 4.38. The zero-order valence-corrected chi connectivity index (χ0v) is 17.2. The molecule has 4 rings (SSSR count). The molecule has 2 aromatic carbocycles. The number of fused-ring (bicyclic) bond motifs is 1. The lowest BCUT2D eigenvalue weighted by Crippen LogP contribution is -2.42. The molecule has 0 aliphatic carbocycles. The molecule has 0 saturated carbocycles. The molecule has 0 N–H and O–H groups in total. The van der Waals surface area contributed by atoms with Crippen LogP contribution in [0.15, 0.2) is 59.1 Å². The Kier molecular flexibility index (Phi) is 5.00. The third kappa shape index (κ3) is 3.77. The highest BCUT2D eigenvalue weighted by atomic mass is 79.9. The Balaban J connectivity index is 1.81. The van der Waals surface area contributed by atoms with E-state index in [0.717, 1.165) is 45.3 Å². The first-order valence-electron chi connectivity index (χ1n) is 9.46. The van der Waals surface area contributed by atoms with Crippen LogP contribution >= 0.6 is 15.9 Å². The Morgan fingerprint density at radius 2 is 1.70 bits per heavy atom. The number of amides is 1. The molecule has 0 unspecified atom stereocenters. The Labute approximate surface area is 168 Å². The molecule has 3 aromatic rings. The Morgan fingerprint density at radius 3 is 2.41 bits per heavy atom. The molecule has 1 aliphatic rings. The summed E-state index contributed by atoms with van der Waals surface area (Å²) in [6.45, 7) is 6.11. The van der Waals surface area contributed by atoms with Crippen LogP contribution in [0.5, 0.6) is 0 Å². The quantitative estimate of drug-likeness (QED) is 0.523. The molecule has 4 heteroatoms. The zero-order chi connectivity index (χ0) is 19.0. The first kappa shape index (κ1) is 18.2. The van der Waals surface area contributed by atoms with Gasteiger partial charge in [-0.05, 0) is 42.5 Å². The molecule has 138 valence electrons. The number of aromatic nitrogens is 1. The lowest BCUT2D eigenvalue weighted by Gasteiger charge is -2.35. The SMILES string of the molecule is C[C@@H]1C[C@H](C)CN(C(=O)c2cc(-c3ccc(Br)cc3)nc3ccccc23)C1. The van der Waals surface area contributed by atoms with Crippen molar-refractivity contribution >= 4 is 32.7 Å². The summed E-state index contributed by atoms with van der Waals surface area (Å²) in [7, 11) is 0. The molecule has 0 radical (unpaired) electrons. The number of hydrogen-bond acceptors (Lipinski definition) is 2. The van der Waals surface area contributed by atoms with E-state index in [9.17, 15) is 4.79 Å². The van der Waals surface area contributed by atoms with Crippen LogP contribution in [0.25, 0.3) is 22.2 Å². The van der Waals surface area contributed by atoms with E-state index in [1.807, 2.05) is 59.5 Å². The summed E-state index contributed by atoms with van der Waals surface area (Å²) in [6.07, 6.45) is 1.19. The highest BCUT2D eigenvalue weighted by molar-refractivity contribution is 9.10. The van der Waals surface area contributed by atoms with Gasteiger partial charge < -0.3 is 4.90 Å². The van der Waals surface area contributed by atoms with Gasteiger partial charge in [-0.2, -0.15) is 0 Å². The number of likely N-dealkylation sites (tertiary alicyclic amines) is 1. The number of carbonyl (C=O) groups is 1. The number of para-hydroxylation sites is 1. The van der Waals surface area contributed by atoms with Gasteiger partial charge in [-0.3, -0.25) is 4.79 Å². The van der Waals surface area contributed by atoms with Crippen molar-refractivity contribution in [2.75, 3.05) is 13.1 Å². The summed E-state index contributed by atoms with van der Waals surface area (Å²) in [6, 6.07) is 17.9. The molecule has 1 saturated heterocycles. The molecular weight excluding hydrogens is 400 g/mol. The summed E-state index contributed by atoms with van der Waals surface area (Å²) in [5.41, 5.74) is 3.46. The number of nitrogens with zero attached hydrogens (tertiary/aromatic N) is 2. The van der Waals surface area contributed by atoms with E-state index < -0.39 is 0 Å². The molecule has 2 atom stereocenters. The molecule has 0 bridgehead atoms. The molecule has 1 fully saturated rings. The van der Waals surface area contributed by atoms with Crippen molar-refractivity contribution < 1.29 is 4.79 Å². The normalized spacial score (nSPS) is 20.0. The van der Waals surface area contributed by atoms with Crippen molar-refractivity contribution in [3.8, 4) is 11.3 Å². The van der Waals surface area contributed by atoms with Crippen molar-refractivity contribution in [1.29, 1.82) is 0 Å². The molecule has 27 heavy (non-hydrogen) atoms. The number of benzene rings is 2. The van der Waals surface area contributed by atoms with Gasteiger partial charge in [-0.25, -0.2) is 4.98 Å². The van der Waals surface area contributed by atoms with Crippen molar-refractivity contribution in [2.24, 2.45) is 11.8 Å². The van der Waals surface area contributed by atoms with Crippen molar-refractivity contribution in [2.45, 2.75) is 20.3 Å². The third-order valence-corrected chi connectivity index (χ3v) is 5.77. The van der Waals surface area contributed by atoms with Gasteiger partial charge in [0.1, 0.15) is 0 Å². The van der Waals surface area contributed by atoms with Crippen molar-refractivity contribution in [3.05, 3.63) is 64.6 Å². The summed E-state index contributed by atoms with van der Waals surface area (Å²) in [4.78, 5) is 20.3. The molecule has 3 nitrogen and oxygen atoms in total. The van der Waals surface area contributed by atoms with Gasteiger partial charge in [0, 0.05) is 28.5 Å². The predicted octanol–water partition coefficient (Wildman–Crippen LogP) is 5.78. The topological polar surface area (TPSA) is 33.2 Å². The van der Waals surface area contributed by atoms with Gasteiger partial charge in [0.25, 0.3) is 5.91 Å². The fraction of sp³-hybridized carbons (Fsp3) is 0.304. The van der Waals surface area contributed by atoms with Crippen LogP contribution in [0.3, 0.4) is 0 Å². The predicted molar refractivity (Wildman–Crippen MR) is 114 cm³/mol. The van der Waals surface area contributed by atoms with E-state index in [0.29, 0.717) is 11.8 Å². The van der Waals surface area contributed by atoms with Crippen molar-refractivity contribution in [3.63, 3.8) is 0 Å². The van der Waals surface area contributed by atoms with E-state index in [1.54, 1.807) is 0 Å². The molecule has 0 spiro atoms. The van der Waals surface area contributed by atoms with E-state index in [4.69, 9.17) is 4.98 Å². The lowest BCUT2D eigenvalue weighted by molar-refractivity contribution is 0.0625. The average molecular weight is 423 g/mol. The largest absolute Gasteiger partial charge is 0.338 e. The minimum atomic E-state index is 0.116. The number of halogens is 1. The molecule has 1 aliphatic heterocycles. The maximum Gasteiger partial charge on any atom is 0.254 e. The number of pyridine rings is 1. The van der Waals surface area contributed by atoms with E-state index >= 15 is 0 Å². The Hall–Kier alpha value is -2.20. The second-order valence-electron chi connectivity index (χ2n) is 7.74. The van der Waals surface area contributed by atoms with Gasteiger partial charge in [0.15, 0.2) is 0 Å². The highest BCUT2D eigenvalue weighted by Crippen LogP contribution is 2.29. The van der Waals surface area contributed by atoms with Crippen molar-refractivity contribution in [1.82, 2.24) is 9.88 Å². The third-order valence-electron chi connectivity index (χ3n) is 5.24. The summed E-state index contributed by atoms with van der Waals surface area (Å²) in [5.74, 6) is 1.19. The van der Waals surface area contributed by atoms with Gasteiger partial charge in [0.05, 0.1) is 16.8 Å². The second-order valence-corrected chi connectivity index (χ2v) is 8.65. The van der Waals surface area contributed by atoms with E-state index in [1.165, 1.54) is 6.42 Å². The number of carbonyl (C=O) groups excluding carboxylic acids is 1. The minimum Gasteiger partial charge on any atom is -0.338 e. The first-order chi connectivity index (χ1) is 13.0. The summed E-state index contributed by atoms with van der Waals surface area (Å²) < 4.78 is 1.03. The number of rotatable bonds is 2. The molecule has 1 aromatic heterocycles. The average Bonchev–Trinajstić information content (AvgIpc) is 2.66. The van der Waals surface area contributed by atoms with E-state index in [2.05, 4.69) is 29.8 Å². The van der Waals surface area contributed by atoms with Crippen LogP contribution in [0, 0.1) is 11.8 Å². The van der Waals surface area contributed by atoms with Crippen LogP contribution in [-0.4, -0.2) is 28.9 Å². The van der Waals surface area contributed by atoms with Crippen LogP contribution < -0.4 is 0 Å². The van der Waals surface area contributed by atoms with Gasteiger partial charge >= 0.3 is 0 Å². The Bertz CT molecular complexity index is 973. The van der Waals surface area contributed by atoms with E-state index in [-0.39, 0.29) is 5.91 Å². The maximum absolute atomic E-state index is 13.4. The molecule has 2 heterocycles. The van der Waals surface area contributed by atoms with Crippen LogP contribution in [0.2, 0.25) is 0 Å². The number of piperidine rings is 1. The maximum atomic E-state index is 13.4. The smallest absolute Gasteiger partial charge is 0.254 e. The van der Waals surface area contributed by atoms with Crippen LogP contribution in [-0.2, 0) is 0 Å². The lowest BCUT2D eigenvalue weighted by atomic mass is 9.91. The number of hydrogen-bond donors (Lipinski definition) is 0. The highest BCUT2D eigenvalue weighted by Gasteiger charge is 2.27. The zero-order valence-electron chi connectivity index (χ0n) is 15.7. The monoisotopic (exact) mass is 422 g/mol. The second kappa shape index (κ2) is 7.43. The fourth-order valence-electron chi connectivity index (χ4n) is 4.12. The van der Waals surface area contributed by atoms with Gasteiger partial charge in [0.2, 0.25) is 0 Å². The molecular formula is C23H23BrN2O. The van der Waals surface area contributed by atoms with Gasteiger partial charge in [-0.1, -0.05) is 60.1 Å². The van der Waals surface area contributed by atoms with Crippen LogP contribution in [0.4, 0.5) is 0 Å². The first-order valence-corrected chi connectivity index (χ1v) is 10.3. The summed E-state index contributed by atoms with van der Waals surface area (Å²) in [5, 5.41) is 0.925. The standard InChI is InChI=1S/C23H23BrN2O/c1-15-11-16(2)14-26(13-15)23(27)20-12-22(17-7-9-18(24)10-8-17)25-21-6-4-3-5-19(20)21/h3-10,12,15-16H,11,13-14H2,1-2H3/t15-,16+. The molecule has 1 amide bonds. The van der Waals surface area contributed by atoms with Crippen LogP contribution in [0.1, 0.15) is 30.6 Å². The Morgan fingerprint density at radius 1 is 1.04 bits per heavy atom. The summed E-state index contributed by atoms with van der Waals surface area (Å²) >= 11 is 3.48.